The number of aryl methyl sites for hydroxylation is 1. The van der Waals surface area contributed by atoms with Crippen LogP contribution in [0.2, 0.25) is 0 Å². The summed E-state index contributed by atoms with van der Waals surface area (Å²) in [5.74, 6) is -0.0813. The summed E-state index contributed by atoms with van der Waals surface area (Å²) in [6.07, 6.45) is 4.39. The third-order valence-electron chi connectivity index (χ3n) is 11.1. The van der Waals surface area contributed by atoms with E-state index in [0.29, 0.717) is 46.8 Å². The number of fused-ring (bicyclic) bond motifs is 1. The van der Waals surface area contributed by atoms with Crippen molar-refractivity contribution in [2.45, 2.75) is 70.4 Å². The van der Waals surface area contributed by atoms with Gasteiger partial charge >= 0.3 is 12.3 Å². The van der Waals surface area contributed by atoms with E-state index in [1.807, 2.05) is 46.1 Å². The van der Waals surface area contributed by atoms with E-state index in [1.54, 1.807) is 53.4 Å². The van der Waals surface area contributed by atoms with Gasteiger partial charge in [-0.2, -0.15) is 23.3 Å². The van der Waals surface area contributed by atoms with Crippen molar-refractivity contribution in [1.29, 1.82) is 0 Å². The number of piperidine rings is 1. The first kappa shape index (κ1) is 42.3. The van der Waals surface area contributed by atoms with Crippen LogP contribution in [0.15, 0.2) is 61.2 Å². The lowest BCUT2D eigenvalue weighted by atomic mass is 9.98. The molecule has 0 bridgehead atoms. The number of rotatable bonds is 10. The van der Waals surface area contributed by atoms with E-state index in [0.717, 1.165) is 74.9 Å². The van der Waals surface area contributed by atoms with Crippen molar-refractivity contribution in [1.82, 2.24) is 34.5 Å². The number of anilines is 5. The van der Waals surface area contributed by atoms with Crippen LogP contribution in [0.3, 0.4) is 0 Å². The molecule has 1 saturated carbocycles. The number of halogens is 3. The molecule has 0 radical (unpaired) electrons. The minimum Gasteiger partial charge on any atom is -0.488 e. The van der Waals surface area contributed by atoms with E-state index < -0.39 is 30.3 Å². The molecule has 3 aromatic heterocycles. The molecule has 18 heteroatoms. The van der Waals surface area contributed by atoms with Gasteiger partial charge in [0.1, 0.15) is 29.9 Å². The first-order chi connectivity index (χ1) is 28.9. The summed E-state index contributed by atoms with van der Waals surface area (Å²) in [4.78, 5) is 32.2. The molecule has 0 atom stereocenters. The number of hydrogen-bond donors (Lipinski definition) is 2. The van der Waals surface area contributed by atoms with Crippen LogP contribution in [0.1, 0.15) is 52.0 Å². The molecule has 8 rings (SSSR count). The molecule has 324 valence electrons. The third-order valence-corrected chi connectivity index (χ3v) is 12.7. The predicted octanol–water partition coefficient (Wildman–Crippen LogP) is 8.24. The molecule has 3 aliphatic rings. The Labute approximate surface area is 353 Å². The Kier molecular flexibility index (Phi) is 11.4. The fourth-order valence-corrected chi connectivity index (χ4v) is 9.51. The SMILES string of the molecule is Cn1cc(-c2cc(Nc3ncc(C(F)(F)F)c(Nc4cnc5ccccc5c4P(C)(C)=O)n3)c(OC3CC3)cc2N2CCC(N3CCN(C(=O)OC(C)(C)C)CC3)CC2)cn1. The number of nitrogens with zero attached hydrogens (tertiary/aromatic N) is 8. The Bertz CT molecular complexity index is 2470. The quantitative estimate of drug-likeness (QED) is 0.131. The molecule has 5 aromatic rings. The molecule has 0 spiro atoms. The molecule has 2 aromatic carbocycles. The normalized spacial score (nSPS) is 17.1. The molecule has 1 amide bonds. The third kappa shape index (κ3) is 9.73. The number of aromatic nitrogens is 5. The van der Waals surface area contributed by atoms with Crippen molar-refractivity contribution in [2.75, 3.05) is 68.1 Å². The highest BCUT2D eigenvalue weighted by atomic mass is 31.2. The van der Waals surface area contributed by atoms with E-state index in [4.69, 9.17) is 9.47 Å². The summed E-state index contributed by atoms with van der Waals surface area (Å²) in [6, 6.07) is 11.4. The van der Waals surface area contributed by atoms with Gasteiger partial charge in [-0.3, -0.25) is 14.6 Å². The van der Waals surface area contributed by atoms with Crippen molar-refractivity contribution in [3.63, 3.8) is 0 Å². The number of benzene rings is 2. The second kappa shape index (κ2) is 16.5. The molecule has 14 nitrogen and oxygen atoms in total. The van der Waals surface area contributed by atoms with Gasteiger partial charge in [0.05, 0.1) is 35.4 Å². The van der Waals surface area contributed by atoms with Crippen molar-refractivity contribution < 1.29 is 32.0 Å². The number of hydrogen-bond acceptors (Lipinski definition) is 12. The summed E-state index contributed by atoms with van der Waals surface area (Å²) in [6.45, 7) is 13.2. The standard InChI is InChI=1S/C43H52F3N10O4P/c1-42(2,3)60-41(57)56-19-17-54(18-20-56)28-13-15-55(16-14-28)36-22-37(59-29-11-12-29)34(21-31(36)27-23-49-53(4)26-27)51-40-48-24-32(43(44,45)46)39(52-40)50-35-25-47-33-10-8-7-9-30(33)38(35)61(5,6)58/h7-10,21-26,28-29H,11-20H2,1-6H3,(H2,48,50,51,52). The molecule has 2 aliphatic heterocycles. The molecular formula is C43H52F3N10O4P. The second-order valence-corrected chi connectivity index (χ2v) is 20.5. The Hall–Kier alpha value is -5.41. The topological polar surface area (TPSA) is 143 Å². The van der Waals surface area contributed by atoms with E-state index in [2.05, 4.69) is 40.5 Å². The van der Waals surface area contributed by atoms with Gasteiger partial charge < -0.3 is 34.5 Å². The number of pyridine rings is 1. The van der Waals surface area contributed by atoms with Crippen LogP contribution in [-0.4, -0.2) is 111 Å². The molecule has 1 aliphatic carbocycles. The zero-order valence-electron chi connectivity index (χ0n) is 35.3. The molecular weight excluding hydrogens is 809 g/mol. The number of piperazine rings is 1. The van der Waals surface area contributed by atoms with Crippen LogP contribution >= 0.6 is 7.14 Å². The molecule has 2 N–H and O–H groups in total. The lowest BCUT2D eigenvalue weighted by molar-refractivity contribution is -0.137. The number of carbonyl (C=O) groups excluding carboxylic acids is 1. The maximum atomic E-state index is 14.5. The van der Waals surface area contributed by atoms with Crippen LogP contribution in [0.5, 0.6) is 5.75 Å². The van der Waals surface area contributed by atoms with Crippen molar-refractivity contribution in [3.05, 3.63) is 66.7 Å². The van der Waals surface area contributed by atoms with Gasteiger partial charge in [-0.25, -0.2) is 9.78 Å². The van der Waals surface area contributed by atoms with Gasteiger partial charge in [0.2, 0.25) is 5.95 Å². The lowest BCUT2D eigenvalue weighted by Gasteiger charge is -2.43. The van der Waals surface area contributed by atoms with Crippen LogP contribution < -0.4 is 25.6 Å². The minimum absolute atomic E-state index is 0.00563. The Morgan fingerprint density at radius 3 is 2.25 bits per heavy atom. The largest absolute Gasteiger partial charge is 0.488 e. The van der Waals surface area contributed by atoms with Crippen LogP contribution in [-0.2, 0) is 22.5 Å². The van der Waals surface area contributed by atoms with Crippen LogP contribution in [0, 0.1) is 0 Å². The van der Waals surface area contributed by atoms with E-state index in [9.17, 15) is 22.5 Å². The fraction of sp³-hybridized carbons (Fsp3) is 0.465. The fourth-order valence-electron chi connectivity index (χ4n) is 8.04. The summed E-state index contributed by atoms with van der Waals surface area (Å²) < 4.78 is 71.0. The highest BCUT2D eigenvalue weighted by Crippen LogP contribution is 2.45. The van der Waals surface area contributed by atoms with Gasteiger partial charge in [-0.15, -0.1) is 0 Å². The summed E-state index contributed by atoms with van der Waals surface area (Å²) in [5.41, 5.74) is 2.27. The Morgan fingerprint density at radius 1 is 0.885 bits per heavy atom. The van der Waals surface area contributed by atoms with E-state index >= 15 is 0 Å². The van der Waals surface area contributed by atoms with Crippen LogP contribution in [0.25, 0.3) is 22.0 Å². The number of para-hydroxylation sites is 1. The van der Waals surface area contributed by atoms with Gasteiger partial charge in [0.25, 0.3) is 0 Å². The molecule has 5 heterocycles. The number of carbonyl (C=O) groups is 1. The highest BCUT2D eigenvalue weighted by molar-refractivity contribution is 7.71. The summed E-state index contributed by atoms with van der Waals surface area (Å²) in [5, 5.41) is 11.4. The zero-order chi connectivity index (χ0) is 43.3. The van der Waals surface area contributed by atoms with Gasteiger partial charge in [-0.05, 0) is 71.9 Å². The Balaban J connectivity index is 1.08. The first-order valence-electron chi connectivity index (χ1n) is 20.6. The summed E-state index contributed by atoms with van der Waals surface area (Å²) >= 11 is 0. The van der Waals surface area contributed by atoms with Gasteiger partial charge in [-0.1, -0.05) is 18.2 Å². The van der Waals surface area contributed by atoms with E-state index in [1.165, 1.54) is 6.20 Å². The number of alkyl halides is 3. The van der Waals surface area contributed by atoms with Crippen LogP contribution in [0.4, 0.5) is 46.8 Å². The first-order valence-corrected chi connectivity index (χ1v) is 23.2. The highest BCUT2D eigenvalue weighted by Gasteiger charge is 2.37. The van der Waals surface area contributed by atoms with Gasteiger partial charge in [0.15, 0.2) is 0 Å². The van der Waals surface area contributed by atoms with Crippen molar-refractivity contribution in [3.8, 4) is 16.9 Å². The average molecular weight is 861 g/mol. The maximum absolute atomic E-state index is 14.5. The number of nitrogens with one attached hydrogen (secondary N) is 2. The molecule has 61 heavy (non-hydrogen) atoms. The number of amides is 1. The Morgan fingerprint density at radius 2 is 1.61 bits per heavy atom. The maximum Gasteiger partial charge on any atom is 0.421 e. The second-order valence-electron chi connectivity index (χ2n) is 17.4. The average Bonchev–Trinajstić information content (AvgIpc) is 3.92. The minimum atomic E-state index is -4.80. The molecule has 2 saturated heterocycles. The number of ether oxygens (including phenoxy) is 2. The molecule has 0 unspecified atom stereocenters. The molecule has 3 fully saturated rings. The summed E-state index contributed by atoms with van der Waals surface area (Å²) in [7, 11) is -1.19. The monoisotopic (exact) mass is 860 g/mol. The van der Waals surface area contributed by atoms with Crippen molar-refractivity contribution >= 4 is 58.3 Å². The zero-order valence-corrected chi connectivity index (χ0v) is 36.2. The van der Waals surface area contributed by atoms with E-state index in [-0.39, 0.29) is 23.8 Å². The predicted molar refractivity (Wildman–Crippen MR) is 231 cm³/mol. The smallest absolute Gasteiger partial charge is 0.421 e. The van der Waals surface area contributed by atoms with Crippen molar-refractivity contribution in [2.24, 2.45) is 7.05 Å². The van der Waals surface area contributed by atoms with Gasteiger partial charge in [0, 0.05) is 98.3 Å². The lowest BCUT2D eigenvalue weighted by Crippen LogP contribution is -2.55.